The maximum absolute atomic E-state index is 12.0. The second kappa shape index (κ2) is 8.03. The fourth-order valence-electron chi connectivity index (χ4n) is 2.06. The summed E-state index contributed by atoms with van der Waals surface area (Å²) in [5, 5.41) is 2.91. The lowest BCUT2D eigenvalue weighted by molar-refractivity contribution is -0.123. The fourth-order valence-corrected chi connectivity index (χ4v) is 2.42. The minimum atomic E-state index is -0.169. The zero-order valence-electron chi connectivity index (χ0n) is 12.5. The zero-order valence-corrected chi connectivity index (χ0v) is 14.7. The van der Waals surface area contributed by atoms with Gasteiger partial charge in [-0.1, -0.05) is 18.2 Å². The molecule has 0 aliphatic rings. The highest BCUT2D eigenvalue weighted by molar-refractivity contribution is 14.1. The molecule has 0 spiro atoms. The quantitative estimate of drug-likeness (QED) is 0.740. The van der Waals surface area contributed by atoms with Gasteiger partial charge < -0.3 is 14.8 Å². The minimum absolute atomic E-state index is 0.0138. The van der Waals surface area contributed by atoms with Crippen LogP contribution in [0.3, 0.4) is 0 Å². The van der Waals surface area contributed by atoms with Gasteiger partial charge in [0.1, 0.15) is 11.5 Å². The molecule has 0 saturated heterocycles. The molecule has 5 heteroatoms. The molecule has 2 aromatic rings. The molecule has 2 aromatic carbocycles. The number of benzene rings is 2. The first kappa shape index (κ1) is 16.6. The molecular weight excluding hydrogens is 393 g/mol. The number of methoxy groups -OCH3 is 1. The monoisotopic (exact) mass is 411 g/mol. The SMILES string of the molecule is COc1ccccc1[C@H](C)NC(=O)COc1ccc(I)cc1. The molecule has 4 nitrogen and oxygen atoms in total. The Hall–Kier alpha value is -1.76. The van der Waals surface area contributed by atoms with Gasteiger partial charge in [0.25, 0.3) is 5.91 Å². The number of hydrogen-bond donors (Lipinski definition) is 1. The molecule has 0 radical (unpaired) electrons. The third-order valence-corrected chi connectivity index (χ3v) is 3.89. The standard InChI is InChI=1S/C17H18INO3/c1-12(15-5-3-4-6-16(15)21-2)19-17(20)11-22-14-9-7-13(18)8-10-14/h3-10,12H,11H2,1-2H3,(H,19,20)/t12-/m0/s1. The molecule has 0 aliphatic heterocycles. The van der Waals surface area contributed by atoms with Crippen molar-refractivity contribution in [1.29, 1.82) is 0 Å². The highest BCUT2D eigenvalue weighted by atomic mass is 127. The van der Waals surface area contributed by atoms with Crippen LogP contribution in [0.4, 0.5) is 0 Å². The molecule has 0 aliphatic carbocycles. The van der Waals surface area contributed by atoms with Crippen LogP contribution in [0.15, 0.2) is 48.5 Å². The second-order valence-corrected chi connectivity index (χ2v) is 6.02. The van der Waals surface area contributed by atoms with E-state index in [-0.39, 0.29) is 18.6 Å². The van der Waals surface area contributed by atoms with Gasteiger partial charge in [-0.15, -0.1) is 0 Å². The van der Waals surface area contributed by atoms with E-state index in [0.717, 1.165) is 14.9 Å². The van der Waals surface area contributed by atoms with Crippen molar-refractivity contribution < 1.29 is 14.3 Å². The van der Waals surface area contributed by atoms with Crippen molar-refractivity contribution in [2.24, 2.45) is 0 Å². The predicted octanol–water partition coefficient (Wildman–Crippen LogP) is 3.56. The molecule has 22 heavy (non-hydrogen) atoms. The Morgan fingerprint density at radius 2 is 1.86 bits per heavy atom. The summed E-state index contributed by atoms with van der Waals surface area (Å²) in [5.74, 6) is 1.27. The average Bonchev–Trinajstić information content (AvgIpc) is 2.54. The van der Waals surface area contributed by atoms with Crippen molar-refractivity contribution in [2.75, 3.05) is 13.7 Å². The summed E-state index contributed by atoms with van der Waals surface area (Å²) in [6.07, 6.45) is 0. The van der Waals surface area contributed by atoms with Crippen LogP contribution in [-0.2, 0) is 4.79 Å². The number of rotatable bonds is 6. The van der Waals surface area contributed by atoms with Crippen LogP contribution in [-0.4, -0.2) is 19.6 Å². The smallest absolute Gasteiger partial charge is 0.258 e. The van der Waals surface area contributed by atoms with E-state index in [9.17, 15) is 4.79 Å². The van der Waals surface area contributed by atoms with Crippen molar-refractivity contribution >= 4 is 28.5 Å². The Labute approximate surface area is 144 Å². The molecule has 0 unspecified atom stereocenters. The number of carbonyl (C=O) groups excluding carboxylic acids is 1. The summed E-state index contributed by atoms with van der Waals surface area (Å²) < 4.78 is 11.9. The molecule has 1 atom stereocenters. The van der Waals surface area contributed by atoms with Crippen LogP contribution in [0.1, 0.15) is 18.5 Å². The summed E-state index contributed by atoms with van der Waals surface area (Å²) in [5.41, 5.74) is 0.938. The topological polar surface area (TPSA) is 47.6 Å². The molecule has 1 amide bonds. The number of para-hydroxylation sites is 1. The Morgan fingerprint density at radius 3 is 2.55 bits per heavy atom. The maximum atomic E-state index is 12.0. The van der Waals surface area contributed by atoms with E-state index in [4.69, 9.17) is 9.47 Å². The van der Waals surface area contributed by atoms with Crippen molar-refractivity contribution in [3.05, 3.63) is 57.7 Å². The molecule has 0 fully saturated rings. The average molecular weight is 411 g/mol. The van der Waals surface area contributed by atoms with Gasteiger partial charge in [0, 0.05) is 9.13 Å². The molecule has 0 bridgehead atoms. The Bertz CT molecular complexity index is 628. The molecule has 2 rings (SSSR count). The number of halogens is 1. The minimum Gasteiger partial charge on any atom is -0.496 e. The number of carbonyl (C=O) groups is 1. The van der Waals surface area contributed by atoms with Crippen LogP contribution < -0.4 is 14.8 Å². The lowest BCUT2D eigenvalue weighted by Crippen LogP contribution is -2.31. The molecule has 0 heterocycles. The predicted molar refractivity (Wildman–Crippen MR) is 94.2 cm³/mol. The van der Waals surface area contributed by atoms with Gasteiger partial charge in [-0.2, -0.15) is 0 Å². The van der Waals surface area contributed by atoms with Crippen molar-refractivity contribution in [1.82, 2.24) is 5.32 Å². The van der Waals surface area contributed by atoms with Crippen LogP contribution in [0.25, 0.3) is 0 Å². The maximum Gasteiger partial charge on any atom is 0.258 e. The Morgan fingerprint density at radius 1 is 1.18 bits per heavy atom. The lowest BCUT2D eigenvalue weighted by Gasteiger charge is -2.17. The van der Waals surface area contributed by atoms with E-state index in [1.807, 2.05) is 55.5 Å². The molecular formula is C17H18INO3. The number of amides is 1. The van der Waals surface area contributed by atoms with Crippen LogP contribution in [0.5, 0.6) is 11.5 Å². The van der Waals surface area contributed by atoms with Crippen LogP contribution in [0, 0.1) is 3.57 Å². The van der Waals surface area contributed by atoms with Gasteiger partial charge in [0.05, 0.1) is 13.2 Å². The van der Waals surface area contributed by atoms with E-state index < -0.39 is 0 Å². The fraction of sp³-hybridized carbons (Fsp3) is 0.235. The highest BCUT2D eigenvalue weighted by Crippen LogP contribution is 2.24. The van der Waals surface area contributed by atoms with Gasteiger partial charge in [-0.05, 0) is 59.8 Å². The molecule has 1 N–H and O–H groups in total. The highest BCUT2D eigenvalue weighted by Gasteiger charge is 2.13. The van der Waals surface area contributed by atoms with Gasteiger partial charge in [-0.25, -0.2) is 0 Å². The third kappa shape index (κ3) is 4.62. The first-order valence-electron chi connectivity index (χ1n) is 6.91. The largest absolute Gasteiger partial charge is 0.496 e. The summed E-state index contributed by atoms with van der Waals surface area (Å²) in [6.45, 7) is 1.90. The lowest BCUT2D eigenvalue weighted by atomic mass is 10.1. The van der Waals surface area contributed by atoms with E-state index in [2.05, 4.69) is 27.9 Å². The summed E-state index contributed by atoms with van der Waals surface area (Å²) in [7, 11) is 1.62. The van der Waals surface area contributed by atoms with E-state index in [1.54, 1.807) is 7.11 Å². The van der Waals surface area contributed by atoms with Gasteiger partial charge >= 0.3 is 0 Å². The van der Waals surface area contributed by atoms with Gasteiger partial charge in [0.15, 0.2) is 6.61 Å². The van der Waals surface area contributed by atoms with E-state index in [0.29, 0.717) is 5.75 Å². The van der Waals surface area contributed by atoms with Crippen molar-refractivity contribution in [3.63, 3.8) is 0 Å². The molecule has 116 valence electrons. The summed E-state index contributed by atoms with van der Waals surface area (Å²) in [6, 6.07) is 15.0. The zero-order chi connectivity index (χ0) is 15.9. The second-order valence-electron chi connectivity index (χ2n) is 4.77. The summed E-state index contributed by atoms with van der Waals surface area (Å²) in [4.78, 5) is 12.0. The Balaban J connectivity index is 1.90. The van der Waals surface area contributed by atoms with E-state index >= 15 is 0 Å². The van der Waals surface area contributed by atoms with Crippen molar-refractivity contribution in [3.8, 4) is 11.5 Å². The number of ether oxygens (including phenoxy) is 2. The number of nitrogens with one attached hydrogen (secondary N) is 1. The number of hydrogen-bond acceptors (Lipinski definition) is 3. The Kier molecular flexibility index (Phi) is 6.06. The van der Waals surface area contributed by atoms with Crippen molar-refractivity contribution in [2.45, 2.75) is 13.0 Å². The summed E-state index contributed by atoms with van der Waals surface area (Å²) >= 11 is 2.22. The van der Waals surface area contributed by atoms with Gasteiger partial charge in [0.2, 0.25) is 0 Å². The molecule has 0 aromatic heterocycles. The van der Waals surface area contributed by atoms with Gasteiger partial charge in [-0.3, -0.25) is 4.79 Å². The van der Waals surface area contributed by atoms with Crippen LogP contribution in [0.2, 0.25) is 0 Å². The normalized spacial score (nSPS) is 11.6. The van der Waals surface area contributed by atoms with Crippen LogP contribution >= 0.6 is 22.6 Å². The third-order valence-electron chi connectivity index (χ3n) is 3.17. The van der Waals surface area contributed by atoms with E-state index in [1.165, 1.54) is 0 Å². The first-order chi connectivity index (χ1) is 10.6. The first-order valence-corrected chi connectivity index (χ1v) is 7.98. The molecule has 0 saturated carbocycles.